The molecule has 0 amide bonds. The van der Waals surface area contributed by atoms with Crippen molar-refractivity contribution in [3.05, 3.63) is 29.8 Å². The summed E-state index contributed by atoms with van der Waals surface area (Å²) in [5.74, 6) is 0.457. The molecule has 16 heavy (non-hydrogen) atoms. The fourth-order valence-electron chi connectivity index (χ4n) is 1.50. The summed E-state index contributed by atoms with van der Waals surface area (Å²) >= 11 is 0. The molecule has 1 rings (SSSR count). The van der Waals surface area contributed by atoms with Gasteiger partial charge in [-0.05, 0) is 30.8 Å². The van der Waals surface area contributed by atoms with Gasteiger partial charge in [-0.25, -0.2) is 0 Å². The molecule has 0 saturated carbocycles. The minimum Gasteiger partial charge on any atom is -0.512 e. The van der Waals surface area contributed by atoms with Crippen LogP contribution in [0.3, 0.4) is 0 Å². The summed E-state index contributed by atoms with van der Waals surface area (Å²) in [4.78, 5) is 2.30. The number of nitrogens with zero attached hydrogens (tertiary/aromatic N) is 1. The van der Waals surface area contributed by atoms with E-state index in [4.69, 9.17) is 14.7 Å². The van der Waals surface area contributed by atoms with E-state index in [0.29, 0.717) is 5.75 Å². The molecule has 0 unspecified atom stereocenters. The van der Waals surface area contributed by atoms with E-state index in [-0.39, 0.29) is 0 Å². The maximum atomic E-state index is 8.62. The van der Waals surface area contributed by atoms with Gasteiger partial charge in [0, 0.05) is 6.54 Å². The lowest BCUT2D eigenvalue weighted by atomic mass is 10.2. The maximum Gasteiger partial charge on any atom is 0.707 e. The lowest BCUT2D eigenvalue weighted by molar-refractivity contribution is 0.287. The van der Waals surface area contributed by atoms with Gasteiger partial charge in [-0.1, -0.05) is 26.0 Å². The Morgan fingerprint density at radius 1 is 1.12 bits per heavy atom. The first kappa shape index (κ1) is 13.0. The Kier molecular flexibility index (Phi) is 5.32. The molecule has 1 aromatic rings. The smallest absolute Gasteiger partial charge is 0.512 e. The topological polar surface area (TPSA) is 52.9 Å². The third kappa shape index (κ3) is 4.22. The summed E-state index contributed by atoms with van der Waals surface area (Å²) in [5, 5.41) is 17.2. The number of hydrogen-bond acceptors (Lipinski definition) is 4. The van der Waals surface area contributed by atoms with Crippen LogP contribution >= 0.6 is 0 Å². The third-order valence-electron chi connectivity index (χ3n) is 2.47. The first-order valence-electron chi connectivity index (χ1n) is 5.49. The predicted octanol–water partition coefficient (Wildman–Crippen LogP) is 0.877. The Hall–Kier alpha value is -1.04. The van der Waals surface area contributed by atoms with Crippen molar-refractivity contribution in [2.24, 2.45) is 0 Å². The zero-order valence-electron chi connectivity index (χ0n) is 9.76. The lowest BCUT2D eigenvalue weighted by Gasteiger charge is -2.18. The molecule has 0 saturated heterocycles. The van der Waals surface area contributed by atoms with Gasteiger partial charge in [-0.2, -0.15) is 0 Å². The molecular weight excluding hydrogens is 205 g/mol. The standard InChI is InChI=1S/C11H18BNO3/c1-3-13(4-2)9-10-5-7-11(8-6-10)16-12(14)15/h5-8,14-15H,3-4,9H2,1-2H3. The highest BCUT2D eigenvalue weighted by Crippen LogP contribution is 2.13. The average Bonchev–Trinajstić information content (AvgIpc) is 2.27. The van der Waals surface area contributed by atoms with Gasteiger partial charge in [-0.15, -0.1) is 0 Å². The van der Waals surface area contributed by atoms with Crippen LogP contribution in [0.1, 0.15) is 19.4 Å². The van der Waals surface area contributed by atoms with Crippen LogP contribution in [0.4, 0.5) is 0 Å². The average molecular weight is 223 g/mol. The molecule has 4 nitrogen and oxygen atoms in total. The molecule has 0 aliphatic rings. The highest BCUT2D eigenvalue weighted by Gasteiger charge is 2.10. The largest absolute Gasteiger partial charge is 0.707 e. The summed E-state index contributed by atoms with van der Waals surface area (Å²) in [6, 6.07) is 7.32. The van der Waals surface area contributed by atoms with Gasteiger partial charge < -0.3 is 14.7 Å². The predicted molar refractivity (Wildman–Crippen MR) is 63.9 cm³/mol. The lowest BCUT2D eigenvalue weighted by Crippen LogP contribution is -2.22. The first-order chi connectivity index (χ1) is 7.65. The minimum absolute atomic E-state index is 0.457. The van der Waals surface area contributed by atoms with E-state index in [1.54, 1.807) is 12.1 Å². The molecule has 0 heterocycles. The van der Waals surface area contributed by atoms with E-state index >= 15 is 0 Å². The van der Waals surface area contributed by atoms with Crippen LogP contribution in [-0.4, -0.2) is 35.4 Å². The molecule has 88 valence electrons. The van der Waals surface area contributed by atoms with Crippen LogP contribution in [0.2, 0.25) is 0 Å². The fraction of sp³-hybridized carbons (Fsp3) is 0.455. The first-order valence-corrected chi connectivity index (χ1v) is 5.49. The SMILES string of the molecule is CCN(CC)Cc1ccc(OB(O)O)cc1. The minimum atomic E-state index is -1.76. The second-order valence-corrected chi connectivity index (χ2v) is 3.55. The van der Waals surface area contributed by atoms with Gasteiger partial charge in [0.05, 0.1) is 0 Å². The Bertz CT molecular complexity index is 299. The van der Waals surface area contributed by atoms with Crippen molar-refractivity contribution in [1.29, 1.82) is 0 Å². The molecule has 0 bridgehead atoms. The van der Waals surface area contributed by atoms with Gasteiger partial charge >= 0.3 is 7.32 Å². The third-order valence-corrected chi connectivity index (χ3v) is 2.47. The summed E-state index contributed by atoms with van der Waals surface area (Å²) in [6.45, 7) is 7.19. The number of benzene rings is 1. The molecule has 0 atom stereocenters. The van der Waals surface area contributed by atoms with Gasteiger partial charge in [0.15, 0.2) is 0 Å². The highest BCUT2D eigenvalue weighted by molar-refractivity contribution is 6.33. The second kappa shape index (κ2) is 6.53. The van der Waals surface area contributed by atoms with E-state index < -0.39 is 7.32 Å². The Balaban J connectivity index is 2.57. The van der Waals surface area contributed by atoms with Crippen molar-refractivity contribution in [1.82, 2.24) is 4.90 Å². The Morgan fingerprint density at radius 2 is 1.69 bits per heavy atom. The zero-order valence-corrected chi connectivity index (χ0v) is 9.76. The monoisotopic (exact) mass is 223 g/mol. The number of rotatable bonds is 6. The summed E-state index contributed by atoms with van der Waals surface area (Å²) in [5.41, 5.74) is 1.18. The molecule has 0 aliphatic carbocycles. The molecule has 5 heteroatoms. The molecule has 1 aromatic carbocycles. The van der Waals surface area contributed by atoms with E-state index in [1.165, 1.54) is 5.56 Å². The van der Waals surface area contributed by atoms with Crippen LogP contribution in [0, 0.1) is 0 Å². The Labute approximate surface area is 96.6 Å². The van der Waals surface area contributed by atoms with Crippen LogP contribution in [0.25, 0.3) is 0 Å². The van der Waals surface area contributed by atoms with Crippen molar-refractivity contribution in [3.63, 3.8) is 0 Å². The summed E-state index contributed by atoms with van der Waals surface area (Å²) in [6.07, 6.45) is 0. The Morgan fingerprint density at radius 3 is 2.12 bits per heavy atom. The quantitative estimate of drug-likeness (QED) is 0.703. The second-order valence-electron chi connectivity index (χ2n) is 3.55. The van der Waals surface area contributed by atoms with E-state index in [9.17, 15) is 0 Å². The van der Waals surface area contributed by atoms with Crippen molar-refractivity contribution in [2.45, 2.75) is 20.4 Å². The van der Waals surface area contributed by atoms with Crippen LogP contribution in [0.5, 0.6) is 5.75 Å². The molecule has 0 spiro atoms. The molecule has 0 radical (unpaired) electrons. The van der Waals surface area contributed by atoms with Crippen LogP contribution in [-0.2, 0) is 6.54 Å². The van der Waals surface area contributed by atoms with E-state index in [2.05, 4.69) is 18.7 Å². The van der Waals surface area contributed by atoms with Crippen molar-refractivity contribution >= 4 is 7.32 Å². The molecule has 0 aliphatic heterocycles. The highest BCUT2D eigenvalue weighted by atomic mass is 16.6. The van der Waals surface area contributed by atoms with Gasteiger partial charge in [0.2, 0.25) is 0 Å². The summed E-state index contributed by atoms with van der Waals surface area (Å²) in [7, 11) is -1.76. The van der Waals surface area contributed by atoms with Gasteiger partial charge in [0.25, 0.3) is 0 Å². The van der Waals surface area contributed by atoms with Gasteiger partial charge in [0.1, 0.15) is 5.75 Å². The van der Waals surface area contributed by atoms with Crippen molar-refractivity contribution in [3.8, 4) is 5.75 Å². The fourth-order valence-corrected chi connectivity index (χ4v) is 1.50. The molecule has 0 aromatic heterocycles. The molecular formula is C11H18BNO3. The molecule has 2 N–H and O–H groups in total. The van der Waals surface area contributed by atoms with E-state index in [1.807, 2.05) is 12.1 Å². The zero-order chi connectivity index (χ0) is 12.0. The van der Waals surface area contributed by atoms with Crippen molar-refractivity contribution in [2.75, 3.05) is 13.1 Å². The van der Waals surface area contributed by atoms with Crippen LogP contribution < -0.4 is 4.65 Å². The summed E-state index contributed by atoms with van der Waals surface area (Å²) < 4.78 is 4.72. The number of hydrogen-bond donors (Lipinski definition) is 2. The maximum absolute atomic E-state index is 8.62. The normalized spacial score (nSPS) is 10.6. The van der Waals surface area contributed by atoms with Gasteiger partial charge in [-0.3, -0.25) is 4.90 Å². The van der Waals surface area contributed by atoms with Crippen molar-refractivity contribution < 1.29 is 14.7 Å². The van der Waals surface area contributed by atoms with Crippen LogP contribution in [0.15, 0.2) is 24.3 Å². The molecule has 0 fully saturated rings. The van der Waals surface area contributed by atoms with E-state index in [0.717, 1.165) is 19.6 Å².